The van der Waals surface area contributed by atoms with Gasteiger partial charge in [0.15, 0.2) is 0 Å². The minimum absolute atomic E-state index is 0.0426. The summed E-state index contributed by atoms with van der Waals surface area (Å²) in [5.41, 5.74) is 2.60. The molecule has 2 aromatic heterocycles. The lowest BCUT2D eigenvalue weighted by Gasteiger charge is -2.11. The van der Waals surface area contributed by atoms with Gasteiger partial charge in [-0.15, -0.1) is 0 Å². The van der Waals surface area contributed by atoms with Gasteiger partial charge >= 0.3 is 0 Å². The molecular formula is C15H17IN4O. The van der Waals surface area contributed by atoms with Crippen LogP contribution in [0.4, 0.5) is 0 Å². The number of nitrogens with zero attached hydrogens (tertiary/aromatic N) is 2. The molecule has 3 aromatic rings. The SMILES string of the molecule is CNCCCn1c(=O)c2c(C)[nH]nc2c2cc(I)ccc21. The highest BCUT2D eigenvalue weighted by Gasteiger charge is 2.15. The Labute approximate surface area is 135 Å². The number of H-pyrrole nitrogens is 1. The monoisotopic (exact) mass is 396 g/mol. The number of halogens is 1. The summed E-state index contributed by atoms with van der Waals surface area (Å²) in [5, 5.41) is 12.1. The molecule has 0 bridgehead atoms. The van der Waals surface area contributed by atoms with Crippen LogP contribution in [0.3, 0.4) is 0 Å². The van der Waals surface area contributed by atoms with E-state index in [0.29, 0.717) is 11.9 Å². The van der Waals surface area contributed by atoms with E-state index in [1.165, 1.54) is 0 Å². The molecule has 5 nitrogen and oxygen atoms in total. The third kappa shape index (κ3) is 2.46. The van der Waals surface area contributed by atoms with Crippen LogP contribution in [0.1, 0.15) is 12.1 Å². The molecule has 0 saturated heterocycles. The van der Waals surface area contributed by atoms with Gasteiger partial charge in [-0.3, -0.25) is 9.89 Å². The Hall–Kier alpha value is -1.41. The first-order chi connectivity index (χ1) is 10.1. The van der Waals surface area contributed by atoms with Crippen molar-refractivity contribution in [2.24, 2.45) is 0 Å². The second kappa shape index (κ2) is 5.76. The summed E-state index contributed by atoms with van der Waals surface area (Å²) in [7, 11) is 1.92. The molecule has 3 rings (SSSR count). The van der Waals surface area contributed by atoms with E-state index >= 15 is 0 Å². The zero-order valence-electron chi connectivity index (χ0n) is 12.0. The van der Waals surface area contributed by atoms with Gasteiger partial charge in [0.25, 0.3) is 5.56 Å². The number of hydrogen-bond donors (Lipinski definition) is 2. The van der Waals surface area contributed by atoms with Crippen molar-refractivity contribution >= 4 is 44.4 Å². The van der Waals surface area contributed by atoms with Crippen molar-refractivity contribution in [3.05, 3.63) is 37.8 Å². The largest absolute Gasteiger partial charge is 0.320 e. The maximum Gasteiger partial charge on any atom is 0.262 e. The molecule has 6 heteroatoms. The molecule has 0 aliphatic carbocycles. The number of fused-ring (bicyclic) bond motifs is 3. The molecular weight excluding hydrogens is 379 g/mol. The topological polar surface area (TPSA) is 62.7 Å². The zero-order chi connectivity index (χ0) is 15.0. The van der Waals surface area contributed by atoms with Gasteiger partial charge in [0.2, 0.25) is 0 Å². The molecule has 0 radical (unpaired) electrons. The maximum absolute atomic E-state index is 12.8. The Morgan fingerprint density at radius 3 is 3.00 bits per heavy atom. The molecule has 0 aliphatic heterocycles. The number of benzene rings is 1. The van der Waals surface area contributed by atoms with Gasteiger partial charge in [-0.2, -0.15) is 5.10 Å². The Morgan fingerprint density at radius 2 is 2.24 bits per heavy atom. The van der Waals surface area contributed by atoms with E-state index in [9.17, 15) is 4.79 Å². The summed E-state index contributed by atoms with van der Waals surface area (Å²) in [6.45, 7) is 3.49. The minimum Gasteiger partial charge on any atom is -0.320 e. The van der Waals surface area contributed by atoms with Crippen molar-refractivity contribution in [2.75, 3.05) is 13.6 Å². The lowest BCUT2D eigenvalue weighted by Crippen LogP contribution is -2.23. The second-order valence-electron chi connectivity index (χ2n) is 5.15. The van der Waals surface area contributed by atoms with Crippen LogP contribution in [0.15, 0.2) is 23.0 Å². The van der Waals surface area contributed by atoms with Gasteiger partial charge in [-0.05, 0) is 67.7 Å². The Morgan fingerprint density at radius 1 is 1.43 bits per heavy atom. The number of aromatic amines is 1. The van der Waals surface area contributed by atoms with Crippen molar-refractivity contribution in [1.82, 2.24) is 20.1 Å². The lowest BCUT2D eigenvalue weighted by atomic mass is 10.1. The van der Waals surface area contributed by atoms with Gasteiger partial charge in [0, 0.05) is 21.2 Å². The number of pyridine rings is 1. The van der Waals surface area contributed by atoms with Gasteiger partial charge in [-0.1, -0.05) is 0 Å². The van der Waals surface area contributed by atoms with Crippen LogP contribution in [-0.2, 0) is 6.54 Å². The number of rotatable bonds is 4. The number of aromatic nitrogens is 3. The van der Waals surface area contributed by atoms with Crippen LogP contribution < -0.4 is 10.9 Å². The summed E-state index contributed by atoms with van der Waals surface area (Å²) < 4.78 is 3.01. The second-order valence-corrected chi connectivity index (χ2v) is 6.39. The average molecular weight is 396 g/mol. The number of nitrogens with one attached hydrogen (secondary N) is 2. The Bertz CT molecular complexity index is 865. The van der Waals surface area contributed by atoms with E-state index in [0.717, 1.165) is 38.6 Å². The average Bonchev–Trinajstić information content (AvgIpc) is 2.85. The normalized spacial score (nSPS) is 11.6. The molecule has 0 spiro atoms. The third-order valence-electron chi connectivity index (χ3n) is 3.72. The van der Waals surface area contributed by atoms with Gasteiger partial charge < -0.3 is 9.88 Å². The molecule has 110 valence electrons. The highest BCUT2D eigenvalue weighted by molar-refractivity contribution is 14.1. The number of hydrogen-bond acceptors (Lipinski definition) is 3. The van der Waals surface area contributed by atoms with Crippen molar-refractivity contribution < 1.29 is 0 Å². The predicted octanol–water partition coefficient (Wildman–Crippen LogP) is 2.40. The smallest absolute Gasteiger partial charge is 0.262 e. The van der Waals surface area contributed by atoms with Gasteiger partial charge in [-0.25, -0.2) is 0 Å². The summed E-state index contributed by atoms with van der Waals surface area (Å²) in [6, 6.07) is 6.14. The molecule has 2 N–H and O–H groups in total. The van der Waals surface area contributed by atoms with E-state index in [-0.39, 0.29) is 5.56 Å². The first-order valence-corrected chi connectivity index (χ1v) is 8.02. The van der Waals surface area contributed by atoms with E-state index in [2.05, 4.69) is 44.2 Å². The van der Waals surface area contributed by atoms with Crippen LogP contribution in [-0.4, -0.2) is 28.4 Å². The molecule has 0 amide bonds. The minimum atomic E-state index is 0.0426. The van der Waals surface area contributed by atoms with E-state index in [1.807, 2.05) is 30.7 Å². The lowest BCUT2D eigenvalue weighted by molar-refractivity contribution is 0.615. The molecule has 0 atom stereocenters. The van der Waals surface area contributed by atoms with E-state index in [1.54, 1.807) is 0 Å². The summed E-state index contributed by atoms with van der Waals surface area (Å²) in [6.07, 6.45) is 0.917. The van der Waals surface area contributed by atoms with E-state index in [4.69, 9.17) is 0 Å². The quantitative estimate of drug-likeness (QED) is 0.526. The number of aryl methyl sites for hydroxylation is 2. The summed E-state index contributed by atoms with van der Waals surface area (Å²) in [5.74, 6) is 0. The van der Waals surface area contributed by atoms with Crippen LogP contribution in [0.5, 0.6) is 0 Å². The Balaban J connectivity index is 2.34. The molecule has 1 aromatic carbocycles. The fourth-order valence-corrected chi connectivity index (χ4v) is 3.19. The van der Waals surface area contributed by atoms with Crippen LogP contribution in [0.25, 0.3) is 21.8 Å². The molecule has 2 heterocycles. The predicted molar refractivity (Wildman–Crippen MR) is 93.9 cm³/mol. The van der Waals surface area contributed by atoms with Crippen molar-refractivity contribution in [3.63, 3.8) is 0 Å². The zero-order valence-corrected chi connectivity index (χ0v) is 14.2. The third-order valence-corrected chi connectivity index (χ3v) is 4.39. The highest BCUT2D eigenvalue weighted by Crippen LogP contribution is 2.24. The van der Waals surface area contributed by atoms with Crippen molar-refractivity contribution in [2.45, 2.75) is 19.9 Å². The van der Waals surface area contributed by atoms with Crippen molar-refractivity contribution in [1.29, 1.82) is 0 Å². The molecule has 0 saturated carbocycles. The van der Waals surface area contributed by atoms with Gasteiger partial charge in [0.05, 0.1) is 10.9 Å². The van der Waals surface area contributed by atoms with Crippen LogP contribution >= 0.6 is 22.6 Å². The van der Waals surface area contributed by atoms with E-state index < -0.39 is 0 Å². The fourth-order valence-electron chi connectivity index (χ4n) is 2.70. The molecule has 21 heavy (non-hydrogen) atoms. The van der Waals surface area contributed by atoms with Gasteiger partial charge in [0.1, 0.15) is 5.52 Å². The standard InChI is InChI=1S/C15H17IN4O/c1-9-13-14(19-18-9)11-8-10(16)4-5-12(11)20(15(13)21)7-3-6-17-2/h4-5,8,17H,3,6-7H2,1-2H3,(H,18,19). The highest BCUT2D eigenvalue weighted by atomic mass is 127. The molecule has 0 unspecified atom stereocenters. The first-order valence-electron chi connectivity index (χ1n) is 6.95. The first kappa shape index (κ1) is 14.5. The summed E-state index contributed by atoms with van der Waals surface area (Å²) in [4.78, 5) is 12.8. The maximum atomic E-state index is 12.8. The van der Waals surface area contributed by atoms with Crippen molar-refractivity contribution in [3.8, 4) is 0 Å². The Kier molecular flexibility index (Phi) is 3.99. The van der Waals surface area contributed by atoms with Crippen LogP contribution in [0.2, 0.25) is 0 Å². The molecule has 0 fully saturated rings. The molecule has 0 aliphatic rings. The van der Waals surface area contributed by atoms with Crippen LogP contribution in [0, 0.1) is 10.5 Å². The fraction of sp³-hybridized carbons (Fsp3) is 0.333. The summed E-state index contributed by atoms with van der Waals surface area (Å²) >= 11 is 2.29.